The summed E-state index contributed by atoms with van der Waals surface area (Å²) in [5.74, 6) is 3.41. The highest BCUT2D eigenvalue weighted by atomic mass is 15.3. The maximum Gasteiger partial charge on any atom is 0.181 e. The van der Waals surface area contributed by atoms with E-state index in [-0.39, 0.29) is 0 Å². The molecular weight excluding hydrogens is 460 g/mol. The molecule has 0 bridgehead atoms. The van der Waals surface area contributed by atoms with Crippen molar-refractivity contribution in [2.75, 3.05) is 13.1 Å². The van der Waals surface area contributed by atoms with Gasteiger partial charge in [-0.05, 0) is 42.5 Å². The van der Waals surface area contributed by atoms with E-state index in [2.05, 4.69) is 70.0 Å². The Morgan fingerprint density at radius 2 is 1.81 bits per heavy atom. The molecule has 0 atom stereocenters. The normalized spacial score (nSPS) is 16.0. The van der Waals surface area contributed by atoms with Gasteiger partial charge in [-0.2, -0.15) is 10.2 Å². The van der Waals surface area contributed by atoms with Gasteiger partial charge < -0.3 is 4.57 Å². The van der Waals surface area contributed by atoms with Gasteiger partial charge in [-0.25, -0.2) is 9.97 Å². The summed E-state index contributed by atoms with van der Waals surface area (Å²) < 4.78 is 4.19. The second-order valence-electron chi connectivity index (χ2n) is 10.5. The van der Waals surface area contributed by atoms with Crippen LogP contribution in [0.5, 0.6) is 0 Å². The maximum atomic E-state index is 5.01. The number of hydrogen-bond acceptors (Lipinski definition) is 5. The van der Waals surface area contributed by atoms with Crippen LogP contribution in [0.25, 0.3) is 33.7 Å². The monoisotopic (exact) mass is 492 g/mol. The molecule has 7 rings (SSSR count). The van der Waals surface area contributed by atoms with Crippen LogP contribution in [0.15, 0.2) is 42.6 Å². The molecule has 0 radical (unpaired) electrons. The summed E-state index contributed by atoms with van der Waals surface area (Å²) in [7, 11) is 4.13. The lowest BCUT2D eigenvalue weighted by atomic mass is 9.97. The summed E-state index contributed by atoms with van der Waals surface area (Å²) in [6.07, 6.45) is 6.30. The van der Waals surface area contributed by atoms with Gasteiger partial charge in [0.25, 0.3) is 0 Å². The van der Waals surface area contributed by atoms with Gasteiger partial charge in [0.1, 0.15) is 11.6 Å². The summed E-state index contributed by atoms with van der Waals surface area (Å²) in [6.45, 7) is 5.33. The van der Waals surface area contributed by atoms with E-state index in [0.29, 0.717) is 5.92 Å². The zero-order chi connectivity index (χ0) is 25.1. The zero-order valence-corrected chi connectivity index (χ0v) is 21.7. The standard InChI is InChI=1S/C29H32N8/c1-4-37-14-13-25-24(17-37)31-29(35(25)2)20-9-7-19(8-10-20)28-32-26(36(3)34-28)15-21-11-12-23-22(16-30-33-23)27(21)18-5-6-18/h7-12,16,18H,4-6,13-15,17H2,1-3H3,(H,30,33). The third kappa shape index (κ3) is 3.87. The summed E-state index contributed by atoms with van der Waals surface area (Å²) in [6, 6.07) is 12.9. The Balaban J connectivity index is 1.16. The van der Waals surface area contributed by atoms with E-state index in [1.807, 2.05) is 17.9 Å². The average molecular weight is 493 g/mol. The van der Waals surface area contributed by atoms with Crippen molar-refractivity contribution in [1.29, 1.82) is 0 Å². The van der Waals surface area contributed by atoms with Gasteiger partial charge in [0, 0.05) is 62.2 Å². The van der Waals surface area contributed by atoms with Crippen molar-refractivity contribution in [2.24, 2.45) is 14.1 Å². The predicted molar refractivity (Wildman–Crippen MR) is 144 cm³/mol. The number of fused-ring (bicyclic) bond motifs is 2. The molecule has 8 heteroatoms. The molecule has 5 aromatic rings. The summed E-state index contributed by atoms with van der Waals surface area (Å²) in [5, 5.41) is 13.4. The molecule has 2 aliphatic rings. The van der Waals surface area contributed by atoms with Crippen LogP contribution < -0.4 is 0 Å². The largest absolute Gasteiger partial charge is 0.331 e. The Morgan fingerprint density at radius 1 is 1.00 bits per heavy atom. The first-order chi connectivity index (χ1) is 18.1. The van der Waals surface area contributed by atoms with Crippen LogP contribution in [0.3, 0.4) is 0 Å². The molecule has 4 heterocycles. The fraction of sp³-hybridized carbons (Fsp3) is 0.379. The Bertz CT molecular complexity index is 1600. The van der Waals surface area contributed by atoms with Crippen molar-refractivity contribution in [2.45, 2.75) is 45.1 Å². The molecule has 0 amide bonds. The van der Waals surface area contributed by atoms with Crippen molar-refractivity contribution in [3.63, 3.8) is 0 Å². The second kappa shape index (κ2) is 8.66. The van der Waals surface area contributed by atoms with Crippen LogP contribution in [-0.2, 0) is 33.5 Å². The lowest BCUT2D eigenvalue weighted by Gasteiger charge is -2.24. The summed E-state index contributed by atoms with van der Waals surface area (Å²) in [5.41, 5.74) is 8.59. The first-order valence-corrected chi connectivity index (χ1v) is 13.3. The van der Waals surface area contributed by atoms with Crippen molar-refractivity contribution in [1.82, 2.24) is 39.4 Å². The third-order valence-corrected chi connectivity index (χ3v) is 8.13. The molecule has 8 nitrogen and oxygen atoms in total. The Kier molecular flexibility index (Phi) is 5.25. The van der Waals surface area contributed by atoms with Gasteiger partial charge in [-0.3, -0.25) is 14.7 Å². The van der Waals surface area contributed by atoms with Crippen molar-refractivity contribution < 1.29 is 0 Å². The number of aromatic amines is 1. The van der Waals surface area contributed by atoms with Crippen molar-refractivity contribution in [3.05, 3.63) is 70.9 Å². The first-order valence-electron chi connectivity index (χ1n) is 13.3. The van der Waals surface area contributed by atoms with E-state index in [0.717, 1.165) is 66.6 Å². The molecule has 0 spiro atoms. The number of rotatable bonds is 6. The molecule has 1 aliphatic carbocycles. The van der Waals surface area contributed by atoms with Gasteiger partial charge in [-0.15, -0.1) is 0 Å². The minimum atomic E-state index is 0.637. The topological polar surface area (TPSA) is 80.5 Å². The van der Waals surface area contributed by atoms with E-state index >= 15 is 0 Å². The molecule has 37 heavy (non-hydrogen) atoms. The Morgan fingerprint density at radius 3 is 2.59 bits per heavy atom. The molecule has 1 N–H and O–H groups in total. The van der Waals surface area contributed by atoms with E-state index in [4.69, 9.17) is 15.1 Å². The lowest BCUT2D eigenvalue weighted by Crippen LogP contribution is -2.30. The highest BCUT2D eigenvalue weighted by molar-refractivity contribution is 5.84. The molecule has 3 aromatic heterocycles. The maximum absolute atomic E-state index is 5.01. The average Bonchev–Trinajstić information content (AvgIpc) is 3.38. The highest BCUT2D eigenvalue weighted by Gasteiger charge is 2.29. The highest BCUT2D eigenvalue weighted by Crippen LogP contribution is 2.45. The van der Waals surface area contributed by atoms with Gasteiger partial charge in [0.15, 0.2) is 5.82 Å². The molecular formula is C29H32N8. The quantitative estimate of drug-likeness (QED) is 0.375. The summed E-state index contributed by atoms with van der Waals surface area (Å²) >= 11 is 0. The lowest BCUT2D eigenvalue weighted by molar-refractivity contribution is 0.262. The molecule has 188 valence electrons. The fourth-order valence-electron chi connectivity index (χ4n) is 5.83. The van der Waals surface area contributed by atoms with Gasteiger partial charge in [0.05, 0.1) is 17.4 Å². The zero-order valence-electron chi connectivity index (χ0n) is 21.7. The SMILES string of the molecule is CCN1CCc2c(nc(-c3ccc(-c4nc(Cc5ccc6[nH]ncc6c5C5CC5)n(C)n4)cc3)n2C)C1. The number of nitrogens with zero attached hydrogens (tertiary/aromatic N) is 7. The smallest absolute Gasteiger partial charge is 0.181 e. The van der Waals surface area contributed by atoms with Crippen LogP contribution >= 0.6 is 0 Å². The minimum Gasteiger partial charge on any atom is -0.331 e. The first kappa shape index (κ1) is 22.4. The van der Waals surface area contributed by atoms with Gasteiger partial charge in [-0.1, -0.05) is 37.3 Å². The number of aryl methyl sites for hydroxylation is 1. The molecule has 1 saturated carbocycles. The van der Waals surface area contributed by atoms with Gasteiger partial charge in [0.2, 0.25) is 0 Å². The van der Waals surface area contributed by atoms with Crippen LogP contribution in [0, 0.1) is 0 Å². The van der Waals surface area contributed by atoms with Crippen LogP contribution in [0.4, 0.5) is 0 Å². The van der Waals surface area contributed by atoms with Crippen LogP contribution in [0.1, 0.15) is 54.0 Å². The van der Waals surface area contributed by atoms with Crippen LogP contribution in [-0.4, -0.2) is 52.5 Å². The molecule has 1 fully saturated rings. The second-order valence-corrected chi connectivity index (χ2v) is 10.5. The minimum absolute atomic E-state index is 0.637. The number of nitrogens with one attached hydrogen (secondary N) is 1. The number of aromatic nitrogens is 7. The van der Waals surface area contributed by atoms with E-state index in [1.165, 1.54) is 40.7 Å². The number of hydrogen-bond donors (Lipinski definition) is 1. The number of benzene rings is 2. The fourth-order valence-corrected chi connectivity index (χ4v) is 5.83. The number of H-pyrrole nitrogens is 1. The third-order valence-electron chi connectivity index (χ3n) is 8.13. The van der Waals surface area contributed by atoms with Crippen LogP contribution in [0.2, 0.25) is 0 Å². The molecule has 1 aliphatic heterocycles. The predicted octanol–water partition coefficient (Wildman–Crippen LogP) is 4.61. The van der Waals surface area contributed by atoms with Crippen molar-refractivity contribution >= 4 is 10.9 Å². The molecule has 0 saturated heterocycles. The van der Waals surface area contributed by atoms with E-state index in [1.54, 1.807) is 0 Å². The Labute approximate surface area is 216 Å². The summed E-state index contributed by atoms with van der Waals surface area (Å²) in [4.78, 5) is 12.4. The Hall–Kier alpha value is -3.78. The molecule has 2 aromatic carbocycles. The molecule has 0 unspecified atom stereocenters. The number of imidazole rings is 1. The number of likely N-dealkylation sites (N-methyl/N-ethyl adjacent to an activating group) is 1. The van der Waals surface area contributed by atoms with E-state index < -0.39 is 0 Å². The van der Waals surface area contributed by atoms with E-state index in [9.17, 15) is 0 Å². The van der Waals surface area contributed by atoms with Crippen molar-refractivity contribution in [3.8, 4) is 22.8 Å². The van der Waals surface area contributed by atoms with Gasteiger partial charge >= 0.3 is 0 Å².